The predicted molar refractivity (Wildman–Crippen MR) is 146 cm³/mol. The Balaban J connectivity index is 0.000000998. The number of hydrogen-bond acceptors (Lipinski definition) is 5. The number of rotatable bonds is 8. The molecule has 198 valence electrons. The summed E-state index contributed by atoms with van der Waals surface area (Å²) in [6, 6.07) is -0.296. The van der Waals surface area contributed by atoms with E-state index >= 15 is 0 Å². The molecule has 0 unspecified atom stereocenters. The number of thioether (sulfide) groups is 1. The number of esters is 2. The standard InChI is InChI=1S/C21H22O4S.2C5H5.2Fe/c1-4-24-18(22)14-17(15-10-6-7-11-15)19(16-12-8-9-13-16)20(26-3)21(23)25-5-2;2*1-2-4-5-3-1;;/h6-14H,4-5H2,1-3H3;2*1-5H;;/q;;;2*+2/b17-14-,20-19+;;;;/i14D;;;;. The predicted octanol–water partition coefficient (Wildman–Crippen LogP) is 5.50. The molecule has 0 aliphatic heterocycles. The smallest absolute Gasteiger partial charge is 0.463 e. The first kappa shape index (κ1) is 35.8. The van der Waals surface area contributed by atoms with E-state index in [2.05, 4.69) is 0 Å². The number of carbonyl (C=O) groups is 2. The average molecular weight is 613 g/mol. The number of hydrogen-bond donors (Lipinski definition) is 0. The van der Waals surface area contributed by atoms with Gasteiger partial charge in [-0.25, -0.2) is 9.59 Å². The first-order chi connectivity index (χ1) is 18.0. The van der Waals surface area contributed by atoms with Crippen LogP contribution in [-0.4, -0.2) is 31.4 Å². The molecule has 4 aliphatic carbocycles. The van der Waals surface area contributed by atoms with Gasteiger partial charge in [0.05, 0.1) is 19.5 Å². The van der Waals surface area contributed by atoms with E-state index in [1.54, 1.807) is 32.9 Å². The SMILES string of the molecule is [2H]/C(C(=O)OCC)=C([C]1[CH][CH][CH][CH]1)/C([C]1[CH][CH][CH][CH]1)=C(/SC)C(=O)OCC.[CH]1[CH][CH][CH][CH]1.[CH]1[CH][CH][CH][CH]1.[Fe+2].[Fe+2]. The second-order valence-electron chi connectivity index (χ2n) is 7.12. The molecule has 4 saturated carbocycles. The van der Waals surface area contributed by atoms with Crippen molar-refractivity contribution in [3.63, 3.8) is 0 Å². The molecule has 20 radical (unpaired) electrons. The van der Waals surface area contributed by atoms with E-state index in [1.807, 2.05) is 103 Å². The van der Waals surface area contributed by atoms with Crippen molar-refractivity contribution in [3.05, 3.63) is 150 Å². The van der Waals surface area contributed by atoms with Gasteiger partial charge in [0.15, 0.2) is 0 Å². The fourth-order valence-electron chi connectivity index (χ4n) is 3.14. The Labute approximate surface area is 260 Å². The molecule has 0 bridgehead atoms. The molecule has 0 atom stereocenters. The molecule has 0 amide bonds. The van der Waals surface area contributed by atoms with E-state index in [1.165, 1.54) is 11.8 Å². The van der Waals surface area contributed by atoms with Crippen LogP contribution in [0.25, 0.3) is 0 Å². The summed E-state index contributed by atoms with van der Waals surface area (Å²) in [4.78, 5) is 25.3. The van der Waals surface area contributed by atoms with E-state index in [9.17, 15) is 9.59 Å². The van der Waals surface area contributed by atoms with Gasteiger partial charge in [-0.15, -0.1) is 11.8 Å². The summed E-state index contributed by atoms with van der Waals surface area (Å²) in [5.74, 6) is 0.182. The second-order valence-corrected chi connectivity index (χ2v) is 7.94. The van der Waals surface area contributed by atoms with Gasteiger partial charge in [0, 0.05) is 17.9 Å². The van der Waals surface area contributed by atoms with Crippen LogP contribution in [0.3, 0.4) is 0 Å². The maximum atomic E-state index is 12.6. The van der Waals surface area contributed by atoms with E-state index in [0.29, 0.717) is 22.0 Å². The van der Waals surface area contributed by atoms with Crippen LogP contribution >= 0.6 is 11.8 Å². The van der Waals surface area contributed by atoms with Crippen LogP contribution in [-0.2, 0) is 53.2 Å². The zero-order valence-corrected chi connectivity index (χ0v) is 24.6. The van der Waals surface area contributed by atoms with Crippen LogP contribution in [0, 0.1) is 127 Å². The molecule has 38 heavy (non-hydrogen) atoms. The second kappa shape index (κ2) is 23.5. The summed E-state index contributed by atoms with van der Waals surface area (Å²) in [6.45, 7) is 3.82. The summed E-state index contributed by atoms with van der Waals surface area (Å²) in [5, 5.41) is 0. The van der Waals surface area contributed by atoms with Crippen molar-refractivity contribution in [1.82, 2.24) is 0 Å². The quantitative estimate of drug-likeness (QED) is 0.157. The molecule has 0 heterocycles. The van der Waals surface area contributed by atoms with Gasteiger partial charge >= 0.3 is 46.1 Å². The molecular formula is C31H32Fe2O4S+4. The van der Waals surface area contributed by atoms with Gasteiger partial charge in [-0.3, -0.25) is 0 Å². The Hall–Kier alpha value is -0.191. The Morgan fingerprint density at radius 3 is 1.47 bits per heavy atom. The molecule has 0 spiro atoms. The maximum absolute atomic E-state index is 12.6. The molecule has 0 N–H and O–H groups in total. The third-order valence-electron chi connectivity index (χ3n) is 4.66. The largest absolute Gasteiger partial charge is 2.00 e. The van der Waals surface area contributed by atoms with Crippen molar-refractivity contribution in [2.75, 3.05) is 19.5 Å². The van der Waals surface area contributed by atoms with Gasteiger partial charge in [0.2, 0.25) is 0 Å². The normalized spacial score (nSPS) is 20.8. The van der Waals surface area contributed by atoms with E-state index < -0.39 is 11.9 Å². The van der Waals surface area contributed by atoms with Crippen molar-refractivity contribution in [3.8, 4) is 0 Å². The Morgan fingerprint density at radius 1 is 0.711 bits per heavy atom. The minimum atomic E-state index is -0.734. The van der Waals surface area contributed by atoms with E-state index in [4.69, 9.17) is 10.8 Å². The van der Waals surface area contributed by atoms with Crippen LogP contribution < -0.4 is 0 Å². The van der Waals surface area contributed by atoms with Crippen LogP contribution in [0.2, 0.25) is 0 Å². The monoisotopic (exact) mass is 613 g/mol. The maximum Gasteiger partial charge on any atom is 2.00 e. The third kappa shape index (κ3) is 13.9. The van der Waals surface area contributed by atoms with Gasteiger partial charge < -0.3 is 9.47 Å². The first-order valence-electron chi connectivity index (χ1n) is 12.2. The zero-order chi connectivity index (χ0) is 26.9. The van der Waals surface area contributed by atoms with Crippen molar-refractivity contribution < 1.29 is 54.6 Å². The van der Waals surface area contributed by atoms with Gasteiger partial charge in [0.25, 0.3) is 0 Å². The van der Waals surface area contributed by atoms with Gasteiger partial charge in [-0.05, 0) is 147 Å². The summed E-state index contributed by atoms with van der Waals surface area (Å²) >= 11 is 1.23. The average Bonchev–Trinajstić information content (AvgIpc) is 3.74. The molecule has 4 fully saturated rings. The first-order valence-corrected chi connectivity index (χ1v) is 12.9. The molecule has 4 nitrogen and oxygen atoms in total. The van der Waals surface area contributed by atoms with Crippen molar-refractivity contribution in [2.24, 2.45) is 0 Å². The summed E-state index contributed by atoms with van der Waals surface area (Å²) < 4.78 is 18.7. The van der Waals surface area contributed by atoms with Gasteiger partial charge in [-0.1, -0.05) is 0 Å². The molecular weight excluding hydrogens is 580 g/mol. The van der Waals surface area contributed by atoms with Gasteiger partial charge in [0.1, 0.15) is 0 Å². The number of ether oxygens (including phenoxy) is 2. The van der Waals surface area contributed by atoms with E-state index in [0.717, 1.165) is 5.92 Å². The molecule has 4 rings (SSSR count). The minimum Gasteiger partial charge on any atom is -0.463 e. The molecule has 4 aliphatic rings. The fraction of sp³-hybridized carbons (Fsp3) is 0.161. The van der Waals surface area contributed by atoms with E-state index in [-0.39, 0.29) is 53.4 Å². The van der Waals surface area contributed by atoms with Crippen molar-refractivity contribution >= 4 is 23.7 Å². The third-order valence-corrected chi connectivity index (χ3v) is 5.44. The fourth-order valence-corrected chi connectivity index (χ4v) is 3.79. The minimum absolute atomic E-state index is 0. The topological polar surface area (TPSA) is 52.6 Å². The summed E-state index contributed by atoms with van der Waals surface area (Å²) in [6.07, 6.45) is 36.4. The van der Waals surface area contributed by atoms with Crippen LogP contribution in [0.1, 0.15) is 15.2 Å². The molecule has 0 saturated heterocycles. The molecule has 0 aromatic rings. The van der Waals surface area contributed by atoms with Crippen LogP contribution in [0.15, 0.2) is 22.1 Å². The number of allylic oxidation sites excluding steroid dienone is 2. The zero-order valence-electron chi connectivity index (χ0n) is 22.6. The summed E-state index contributed by atoms with van der Waals surface area (Å²) in [5.41, 5.74) is 0.845. The van der Waals surface area contributed by atoms with Crippen LogP contribution in [0.4, 0.5) is 0 Å². The Morgan fingerprint density at radius 2 is 1.11 bits per heavy atom. The number of carbonyl (C=O) groups excluding carboxylic acids is 2. The van der Waals surface area contributed by atoms with Crippen molar-refractivity contribution in [1.29, 1.82) is 0 Å². The Kier molecular flexibility index (Phi) is 22.2. The molecule has 0 aromatic heterocycles. The van der Waals surface area contributed by atoms with Crippen LogP contribution in [0.5, 0.6) is 0 Å². The summed E-state index contributed by atoms with van der Waals surface area (Å²) in [7, 11) is 0. The molecule has 7 heteroatoms. The van der Waals surface area contributed by atoms with Gasteiger partial charge in [-0.2, -0.15) is 0 Å². The van der Waals surface area contributed by atoms with Crippen molar-refractivity contribution in [2.45, 2.75) is 13.8 Å². The Bertz CT molecular complexity index is 726. The molecule has 0 aromatic carbocycles.